The van der Waals surface area contributed by atoms with Gasteiger partial charge in [-0.2, -0.15) is 0 Å². The molecule has 2 nitrogen and oxygen atoms in total. The van der Waals surface area contributed by atoms with Gasteiger partial charge in [-0.1, -0.05) is 0 Å². The van der Waals surface area contributed by atoms with Crippen molar-refractivity contribution in [2.75, 3.05) is 0 Å². The molecule has 0 N–H and O–H groups in total. The van der Waals surface area contributed by atoms with E-state index in [1.165, 1.54) is 24.3 Å². The Labute approximate surface area is 106 Å². The Balaban J connectivity index is 2.29. The molecule has 0 amide bonds. The Morgan fingerprint density at radius 2 is 1.67 bits per heavy atom. The molecule has 2 rings (SSSR count). The second-order valence-corrected chi connectivity index (χ2v) is 7.56. The fourth-order valence-corrected chi connectivity index (χ4v) is 3.63. The van der Waals surface area contributed by atoms with Gasteiger partial charge in [-0.3, -0.25) is 0 Å². The summed E-state index contributed by atoms with van der Waals surface area (Å²) < 4.78 is 37.2. The topological polar surface area (TPSA) is 34.1 Å². The quantitative estimate of drug-likeness (QED) is 0.817. The van der Waals surface area contributed by atoms with E-state index < -0.39 is 12.7 Å². The molecule has 0 bridgehead atoms. The molecule has 0 fully saturated rings. The summed E-state index contributed by atoms with van der Waals surface area (Å²) in [4.78, 5) is 1.15. The third kappa shape index (κ3) is 3.13. The normalized spacial score (nSPS) is 11.8. The van der Waals surface area contributed by atoms with Gasteiger partial charge < -0.3 is 0 Å². The zero-order valence-corrected chi connectivity index (χ0v) is 11.2. The van der Waals surface area contributed by atoms with Gasteiger partial charge in [-0.25, -0.2) is 0 Å². The van der Waals surface area contributed by atoms with Crippen LogP contribution < -0.4 is 4.46 Å². The van der Waals surface area contributed by atoms with Crippen LogP contribution in [-0.4, -0.2) is 12.7 Å². The predicted molar refractivity (Wildman–Crippen MR) is 68.6 cm³/mol. The molecular formula is C14H11FO2Se. The van der Waals surface area contributed by atoms with E-state index in [0.29, 0.717) is 10.0 Å². The van der Waals surface area contributed by atoms with Crippen LogP contribution in [0.3, 0.4) is 0 Å². The van der Waals surface area contributed by atoms with Crippen molar-refractivity contribution < 1.29 is 12.1 Å². The maximum absolute atomic E-state index is 12.9. The minimum absolute atomic E-state index is 0.293. The minimum atomic E-state index is -4.27. The zero-order chi connectivity index (χ0) is 13.0. The van der Waals surface area contributed by atoms with Gasteiger partial charge in [-0.15, -0.1) is 0 Å². The van der Waals surface area contributed by atoms with Crippen LogP contribution in [-0.2, 0) is 7.67 Å². The van der Waals surface area contributed by atoms with Crippen molar-refractivity contribution in [2.24, 2.45) is 0 Å². The summed E-state index contributed by atoms with van der Waals surface area (Å²) >= 11 is -4.27. The molecule has 0 saturated heterocycles. The first-order valence-corrected chi connectivity index (χ1v) is 8.56. The van der Waals surface area contributed by atoms with Crippen molar-refractivity contribution in [2.45, 2.75) is 0 Å². The molecule has 0 aliphatic rings. The molecule has 18 heavy (non-hydrogen) atoms. The molecule has 0 atom stereocenters. The van der Waals surface area contributed by atoms with Gasteiger partial charge in [-0.05, 0) is 0 Å². The molecule has 0 aliphatic heterocycles. The molecule has 92 valence electrons. The van der Waals surface area contributed by atoms with Crippen LogP contribution >= 0.6 is 0 Å². The van der Waals surface area contributed by atoms with Gasteiger partial charge in [0.15, 0.2) is 0 Å². The molecular weight excluding hydrogens is 298 g/mol. The SMILES string of the molecule is O=[Se](=O)(/C=C/c1cccc(F)c1)c1ccccc1. The second-order valence-electron chi connectivity index (χ2n) is 3.72. The molecule has 4 heteroatoms. The van der Waals surface area contributed by atoms with Crippen LogP contribution in [0.2, 0.25) is 0 Å². The van der Waals surface area contributed by atoms with Gasteiger partial charge in [0.1, 0.15) is 0 Å². The van der Waals surface area contributed by atoms with Crippen LogP contribution in [0.4, 0.5) is 4.39 Å². The molecule has 0 spiro atoms. The maximum atomic E-state index is 12.9. The third-order valence-corrected chi connectivity index (χ3v) is 5.35. The van der Waals surface area contributed by atoms with Crippen molar-refractivity contribution in [1.82, 2.24) is 0 Å². The first-order chi connectivity index (χ1) is 8.58. The number of halogens is 1. The molecule has 0 aromatic heterocycles. The average molecular weight is 309 g/mol. The molecule has 0 unspecified atom stereocenters. The van der Waals surface area contributed by atoms with Crippen LogP contribution in [0, 0.1) is 5.82 Å². The summed E-state index contributed by atoms with van der Waals surface area (Å²) in [6, 6.07) is 14.0. The van der Waals surface area contributed by atoms with Crippen molar-refractivity contribution in [1.29, 1.82) is 0 Å². The molecule has 0 saturated carbocycles. The van der Waals surface area contributed by atoms with Crippen LogP contribution in [0.5, 0.6) is 0 Å². The van der Waals surface area contributed by atoms with Gasteiger partial charge in [0.25, 0.3) is 0 Å². The molecule has 2 aromatic carbocycles. The summed E-state index contributed by atoms with van der Waals surface area (Å²) in [5, 5.41) is 0. The fraction of sp³-hybridized carbons (Fsp3) is 0. The van der Waals surface area contributed by atoms with E-state index in [0.717, 1.165) is 4.97 Å². The molecule has 0 radical (unpaired) electrons. The van der Waals surface area contributed by atoms with Crippen LogP contribution in [0.1, 0.15) is 5.56 Å². The summed E-state index contributed by atoms with van der Waals surface area (Å²) in [6.45, 7) is 0. The van der Waals surface area contributed by atoms with E-state index in [4.69, 9.17) is 0 Å². The monoisotopic (exact) mass is 310 g/mol. The van der Waals surface area contributed by atoms with Crippen molar-refractivity contribution in [3.8, 4) is 0 Å². The Morgan fingerprint density at radius 3 is 2.33 bits per heavy atom. The summed E-state index contributed by atoms with van der Waals surface area (Å²) in [6.07, 6.45) is 1.41. The van der Waals surface area contributed by atoms with Gasteiger partial charge in [0.05, 0.1) is 0 Å². The number of hydrogen-bond donors (Lipinski definition) is 0. The van der Waals surface area contributed by atoms with E-state index in [1.54, 1.807) is 36.4 Å². The number of rotatable bonds is 3. The molecule has 2 aromatic rings. The fourth-order valence-electron chi connectivity index (χ4n) is 1.47. The standard InChI is InChI=1S/C14H11FO2Se/c15-13-6-4-5-12(11-13)9-10-18(16,17)14-7-2-1-3-8-14/h1-11H/b10-9+. The second kappa shape index (κ2) is 5.25. The van der Waals surface area contributed by atoms with Gasteiger partial charge >= 0.3 is 106 Å². The molecule has 0 aliphatic carbocycles. The zero-order valence-electron chi connectivity index (χ0n) is 9.45. The Morgan fingerprint density at radius 1 is 0.944 bits per heavy atom. The summed E-state index contributed by atoms with van der Waals surface area (Å²) in [5.74, 6) is -0.386. The van der Waals surface area contributed by atoms with Gasteiger partial charge in [0, 0.05) is 0 Å². The Kier molecular flexibility index (Phi) is 3.70. The Bertz CT molecular complexity index is 661. The van der Waals surface area contributed by atoms with Gasteiger partial charge in [0.2, 0.25) is 0 Å². The van der Waals surface area contributed by atoms with E-state index in [-0.39, 0.29) is 5.82 Å². The van der Waals surface area contributed by atoms with Crippen molar-refractivity contribution >= 4 is 23.2 Å². The number of hydrogen-bond acceptors (Lipinski definition) is 2. The average Bonchev–Trinajstić information content (AvgIpc) is 2.38. The van der Waals surface area contributed by atoms with Crippen molar-refractivity contribution in [3.63, 3.8) is 0 Å². The molecule has 0 heterocycles. The van der Waals surface area contributed by atoms with E-state index in [1.807, 2.05) is 0 Å². The van der Waals surface area contributed by atoms with Crippen LogP contribution in [0.25, 0.3) is 6.08 Å². The number of benzene rings is 2. The van der Waals surface area contributed by atoms with E-state index >= 15 is 0 Å². The predicted octanol–water partition coefficient (Wildman–Crippen LogP) is 2.59. The van der Waals surface area contributed by atoms with E-state index in [2.05, 4.69) is 0 Å². The van der Waals surface area contributed by atoms with E-state index in [9.17, 15) is 12.1 Å². The summed E-state index contributed by atoms with van der Waals surface area (Å²) in [5.41, 5.74) is 0.527. The van der Waals surface area contributed by atoms with Crippen LogP contribution in [0.15, 0.2) is 59.6 Å². The van der Waals surface area contributed by atoms with Crippen molar-refractivity contribution in [3.05, 3.63) is 71.0 Å². The first kappa shape index (κ1) is 12.7. The third-order valence-electron chi connectivity index (χ3n) is 2.36. The first-order valence-electron chi connectivity index (χ1n) is 5.32. The Hall–Kier alpha value is -1.77. The summed E-state index contributed by atoms with van der Waals surface area (Å²) in [7, 11) is 0.